The molecule has 0 fully saturated rings. The van der Waals surface area contributed by atoms with E-state index in [1.54, 1.807) is 7.05 Å². The number of unbranched alkanes of at least 4 members (excludes halogenated alkanes) is 1. The predicted octanol–water partition coefficient (Wildman–Crippen LogP) is 2.35. The monoisotopic (exact) mass is 266 g/mol. The highest BCUT2D eigenvalue weighted by molar-refractivity contribution is 5.93. The van der Waals surface area contributed by atoms with Gasteiger partial charge in [0.05, 0.1) is 0 Å². The molecule has 1 rings (SSSR count). The second kappa shape index (κ2) is 6.63. The van der Waals surface area contributed by atoms with E-state index in [1.807, 2.05) is 6.92 Å². The fraction of sp³-hybridized carbons (Fsp3) is 0.385. The number of benzene rings is 1. The minimum Gasteiger partial charge on any atom is -0.507 e. The number of hydrogen-bond acceptors (Lipinski definition) is 3. The largest absolute Gasteiger partial charge is 0.507 e. The van der Waals surface area contributed by atoms with Gasteiger partial charge in [0.25, 0.3) is 0 Å². The number of anilines is 1. The van der Waals surface area contributed by atoms with Gasteiger partial charge in [-0.15, -0.1) is 0 Å². The molecule has 0 radical (unpaired) electrons. The van der Waals surface area contributed by atoms with E-state index < -0.39 is 5.97 Å². The zero-order chi connectivity index (χ0) is 14.4. The van der Waals surface area contributed by atoms with Crippen LogP contribution in [-0.4, -0.2) is 40.7 Å². The lowest BCUT2D eigenvalue weighted by Gasteiger charge is -2.17. The van der Waals surface area contributed by atoms with Crippen molar-refractivity contribution < 1.29 is 19.8 Å². The van der Waals surface area contributed by atoms with Crippen molar-refractivity contribution in [1.29, 1.82) is 0 Å². The molecule has 0 aliphatic carbocycles. The number of carbonyl (C=O) groups is 2. The third kappa shape index (κ3) is 4.17. The molecular formula is C13H18N2O4. The fourth-order valence-corrected chi connectivity index (χ4v) is 1.51. The smallest absolute Gasteiger partial charge is 0.339 e. The lowest BCUT2D eigenvalue weighted by Crippen LogP contribution is -2.32. The highest BCUT2D eigenvalue weighted by atomic mass is 16.4. The Labute approximate surface area is 111 Å². The van der Waals surface area contributed by atoms with Crippen LogP contribution < -0.4 is 5.32 Å². The van der Waals surface area contributed by atoms with Crippen LogP contribution in [0.25, 0.3) is 0 Å². The molecule has 0 atom stereocenters. The number of carboxylic acids is 1. The summed E-state index contributed by atoms with van der Waals surface area (Å²) in [4.78, 5) is 24.0. The zero-order valence-corrected chi connectivity index (χ0v) is 11.0. The van der Waals surface area contributed by atoms with E-state index in [0.717, 1.165) is 12.8 Å². The standard InChI is InChI=1S/C13H18N2O4/c1-3-4-7-15(2)13(19)14-9-5-6-10(12(17)18)11(16)8-9/h5-6,8,16H,3-4,7H2,1-2H3,(H,14,19)(H,17,18). The van der Waals surface area contributed by atoms with Gasteiger partial charge in [-0.25, -0.2) is 9.59 Å². The first kappa shape index (κ1) is 14.8. The first-order valence-corrected chi connectivity index (χ1v) is 6.04. The second-order valence-corrected chi connectivity index (χ2v) is 4.24. The number of aromatic carboxylic acids is 1. The van der Waals surface area contributed by atoms with E-state index in [4.69, 9.17) is 5.11 Å². The summed E-state index contributed by atoms with van der Waals surface area (Å²) in [5.74, 6) is -1.59. The van der Waals surface area contributed by atoms with Crippen LogP contribution in [0.3, 0.4) is 0 Å². The third-order valence-electron chi connectivity index (χ3n) is 2.67. The first-order valence-electron chi connectivity index (χ1n) is 6.04. The summed E-state index contributed by atoms with van der Waals surface area (Å²) in [5, 5.41) is 20.9. The highest BCUT2D eigenvalue weighted by Crippen LogP contribution is 2.22. The number of rotatable bonds is 5. The van der Waals surface area contributed by atoms with Gasteiger partial charge in [-0.3, -0.25) is 0 Å². The maximum absolute atomic E-state index is 11.8. The highest BCUT2D eigenvalue weighted by Gasteiger charge is 2.12. The number of urea groups is 1. The van der Waals surface area contributed by atoms with Crippen LogP contribution in [-0.2, 0) is 0 Å². The number of aromatic hydroxyl groups is 1. The molecule has 3 N–H and O–H groups in total. The SMILES string of the molecule is CCCCN(C)C(=O)Nc1ccc(C(=O)O)c(O)c1. The van der Waals surface area contributed by atoms with Gasteiger partial charge < -0.3 is 20.4 Å². The summed E-state index contributed by atoms with van der Waals surface area (Å²) in [6, 6.07) is 3.61. The molecule has 0 bridgehead atoms. The minimum absolute atomic E-state index is 0.197. The molecule has 6 heteroatoms. The van der Waals surface area contributed by atoms with Crippen molar-refractivity contribution in [1.82, 2.24) is 4.90 Å². The quantitative estimate of drug-likeness (QED) is 0.763. The van der Waals surface area contributed by atoms with Gasteiger partial charge in [0, 0.05) is 25.3 Å². The summed E-state index contributed by atoms with van der Waals surface area (Å²) >= 11 is 0. The van der Waals surface area contributed by atoms with E-state index in [-0.39, 0.29) is 17.3 Å². The Morgan fingerprint density at radius 1 is 1.37 bits per heavy atom. The average Bonchev–Trinajstić information content (AvgIpc) is 2.35. The molecule has 0 unspecified atom stereocenters. The summed E-state index contributed by atoms with van der Waals surface area (Å²) in [7, 11) is 1.68. The van der Waals surface area contributed by atoms with Gasteiger partial charge in [0.15, 0.2) is 0 Å². The number of carbonyl (C=O) groups excluding carboxylic acids is 1. The van der Waals surface area contributed by atoms with Crippen LogP contribution in [0.4, 0.5) is 10.5 Å². The Kier molecular flexibility index (Phi) is 5.17. The molecular weight excluding hydrogens is 248 g/mol. The average molecular weight is 266 g/mol. The van der Waals surface area contributed by atoms with Crippen molar-refractivity contribution in [3.05, 3.63) is 23.8 Å². The number of carboxylic acid groups (broad SMARTS) is 1. The summed E-state index contributed by atoms with van der Waals surface area (Å²) in [5.41, 5.74) is 0.160. The number of hydrogen-bond donors (Lipinski definition) is 3. The number of phenols is 1. The van der Waals surface area contributed by atoms with Crippen molar-refractivity contribution in [3.63, 3.8) is 0 Å². The molecule has 0 aliphatic heterocycles. The Hall–Kier alpha value is -2.24. The van der Waals surface area contributed by atoms with Crippen LogP contribution in [0.15, 0.2) is 18.2 Å². The fourth-order valence-electron chi connectivity index (χ4n) is 1.51. The van der Waals surface area contributed by atoms with E-state index >= 15 is 0 Å². The van der Waals surface area contributed by atoms with E-state index in [1.165, 1.54) is 23.1 Å². The van der Waals surface area contributed by atoms with Crippen molar-refractivity contribution in [2.45, 2.75) is 19.8 Å². The molecule has 1 aromatic carbocycles. The van der Waals surface area contributed by atoms with Crippen molar-refractivity contribution >= 4 is 17.7 Å². The van der Waals surface area contributed by atoms with Gasteiger partial charge in [-0.1, -0.05) is 13.3 Å². The predicted molar refractivity (Wildman–Crippen MR) is 71.6 cm³/mol. The van der Waals surface area contributed by atoms with Gasteiger partial charge in [0.1, 0.15) is 11.3 Å². The summed E-state index contributed by atoms with van der Waals surface area (Å²) in [6.07, 6.45) is 1.90. The van der Waals surface area contributed by atoms with Crippen LogP contribution in [0, 0.1) is 0 Å². The van der Waals surface area contributed by atoms with Crippen molar-refractivity contribution in [3.8, 4) is 5.75 Å². The maximum atomic E-state index is 11.8. The first-order chi connectivity index (χ1) is 8.95. The molecule has 0 heterocycles. The Balaban J connectivity index is 2.70. The normalized spacial score (nSPS) is 10.0. The molecule has 0 spiro atoms. The Morgan fingerprint density at radius 3 is 2.58 bits per heavy atom. The Morgan fingerprint density at radius 2 is 2.05 bits per heavy atom. The maximum Gasteiger partial charge on any atom is 0.339 e. The molecule has 19 heavy (non-hydrogen) atoms. The molecule has 0 saturated heterocycles. The number of amides is 2. The zero-order valence-electron chi connectivity index (χ0n) is 11.0. The minimum atomic E-state index is -1.21. The van der Waals surface area contributed by atoms with E-state index in [0.29, 0.717) is 12.2 Å². The van der Waals surface area contributed by atoms with Crippen LogP contribution in [0.1, 0.15) is 30.1 Å². The molecule has 1 aromatic rings. The topological polar surface area (TPSA) is 89.9 Å². The number of nitrogens with zero attached hydrogens (tertiary/aromatic N) is 1. The summed E-state index contributed by atoms with van der Waals surface area (Å²) < 4.78 is 0. The van der Waals surface area contributed by atoms with Gasteiger partial charge in [-0.2, -0.15) is 0 Å². The number of nitrogens with one attached hydrogen (secondary N) is 1. The van der Waals surface area contributed by atoms with Crippen molar-refractivity contribution in [2.24, 2.45) is 0 Å². The van der Waals surface area contributed by atoms with Crippen LogP contribution in [0.2, 0.25) is 0 Å². The third-order valence-corrected chi connectivity index (χ3v) is 2.67. The van der Waals surface area contributed by atoms with Gasteiger partial charge in [0.2, 0.25) is 0 Å². The molecule has 0 saturated carbocycles. The van der Waals surface area contributed by atoms with Gasteiger partial charge >= 0.3 is 12.0 Å². The van der Waals surface area contributed by atoms with Gasteiger partial charge in [-0.05, 0) is 18.6 Å². The van der Waals surface area contributed by atoms with Crippen LogP contribution >= 0.6 is 0 Å². The van der Waals surface area contributed by atoms with Crippen molar-refractivity contribution in [2.75, 3.05) is 18.9 Å². The molecule has 104 valence electrons. The van der Waals surface area contributed by atoms with E-state index in [9.17, 15) is 14.7 Å². The second-order valence-electron chi connectivity index (χ2n) is 4.24. The molecule has 0 aliphatic rings. The Bertz CT molecular complexity index is 474. The summed E-state index contributed by atoms with van der Waals surface area (Å²) in [6.45, 7) is 2.68. The van der Waals surface area contributed by atoms with Crippen LogP contribution in [0.5, 0.6) is 5.75 Å². The van der Waals surface area contributed by atoms with E-state index in [2.05, 4.69) is 5.32 Å². The molecule has 0 aromatic heterocycles. The molecule has 6 nitrogen and oxygen atoms in total. The lowest BCUT2D eigenvalue weighted by molar-refractivity contribution is 0.0694. The lowest BCUT2D eigenvalue weighted by atomic mass is 10.2. The molecule has 2 amide bonds.